The van der Waals surface area contributed by atoms with Gasteiger partial charge in [-0.25, -0.2) is 0 Å². The molecule has 2 rings (SSSR count). The third-order valence-corrected chi connectivity index (χ3v) is 3.65. The summed E-state index contributed by atoms with van der Waals surface area (Å²) in [6.07, 6.45) is 0. The minimum atomic E-state index is 0.0119. The number of nitrogens with zero attached hydrogens (tertiary/aromatic N) is 1. The van der Waals surface area contributed by atoms with Gasteiger partial charge in [-0.2, -0.15) is 0 Å². The molecule has 0 spiro atoms. The summed E-state index contributed by atoms with van der Waals surface area (Å²) in [5.41, 5.74) is 5.79. The Hall–Kier alpha value is -2.13. The van der Waals surface area contributed by atoms with Gasteiger partial charge in [0.1, 0.15) is 0 Å². The second-order valence-corrected chi connectivity index (χ2v) is 6.02. The van der Waals surface area contributed by atoms with Gasteiger partial charge >= 0.3 is 0 Å². The van der Waals surface area contributed by atoms with E-state index in [-0.39, 0.29) is 5.91 Å². The number of carbonyl (C=O) groups is 1. The lowest BCUT2D eigenvalue weighted by atomic mass is 10.1. The van der Waals surface area contributed by atoms with Crippen LogP contribution in [0.4, 0.5) is 5.69 Å². The first kappa shape index (κ1) is 16.2. The maximum atomic E-state index is 12.1. The number of benzene rings is 2. The molecule has 0 aromatic heterocycles. The number of nitrogens with one attached hydrogen (secondary N) is 1. The number of carbonyl (C=O) groups excluding carboxylic acids is 1. The number of hydrogen-bond acceptors (Lipinski definition) is 2. The minimum absolute atomic E-state index is 0.0119. The van der Waals surface area contributed by atoms with E-state index in [1.807, 2.05) is 43.1 Å². The molecule has 0 fully saturated rings. The van der Waals surface area contributed by atoms with Crippen LogP contribution in [-0.2, 0) is 11.3 Å². The molecule has 0 saturated heterocycles. The Labute approximate surface area is 133 Å². The standard InChI is InChI=1S/C19H24N2O/c1-14-6-5-7-18(11-14)20-19(22)13-21(4)12-17-9-8-15(2)10-16(17)3/h5-11H,12-13H2,1-4H3,(H,20,22). The molecule has 3 heteroatoms. The van der Waals surface area contributed by atoms with E-state index in [1.54, 1.807) is 0 Å². The Balaban J connectivity index is 1.91. The third-order valence-electron chi connectivity index (χ3n) is 3.65. The average molecular weight is 296 g/mol. The smallest absolute Gasteiger partial charge is 0.238 e. The van der Waals surface area contributed by atoms with Crippen LogP contribution in [0.1, 0.15) is 22.3 Å². The molecule has 0 atom stereocenters. The van der Waals surface area contributed by atoms with E-state index in [2.05, 4.69) is 37.4 Å². The number of rotatable bonds is 5. The first-order chi connectivity index (χ1) is 10.4. The second kappa shape index (κ2) is 7.23. The van der Waals surface area contributed by atoms with Crippen LogP contribution >= 0.6 is 0 Å². The van der Waals surface area contributed by atoms with Crippen molar-refractivity contribution in [2.24, 2.45) is 0 Å². The van der Waals surface area contributed by atoms with Crippen molar-refractivity contribution in [3.63, 3.8) is 0 Å². The molecule has 0 aliphatic carbocycles. The maximum absolute atomic E-state index is 12.1. The van der Waals surface area contributed by atoms with Crippen LogP contribution < -0.4 is 5.32 Å². The van der Waals surface area contributed by atoms with E-state index in [0.717, 1.165) is 17.8 Å². The predicted octanol–water partition coefficient (Wildman–Crippen LogP) is 3.68. The third kappa shape index (κ3) is 4.71. The van der Waals surface area contributed by atoms with Gasteiger partial charge in [0.05, 0.1) is 6.54 Å². The van der Waals surface area contributed by atoms with Crippen molar-refractivity contribution in [1.82, 2.24) is 4.90 Å². The van der Waals surface area contributed by atoms with Gasteiger partial charge in [-0.05, 0) is 56.6 Å². The quantitative estimate of drug-likeness (QED) is 0.913. The highest BCUT2D eigenvalue weighted by Crippen LogP contribution is 2.13. The van der Waals surface area contributed by atoms with E-state index in [1.165, 1.54) is 16.7 Å². The predicted molar refractivity (Wildman–Crippen MR) is 92.1 cm³/mol. The molecule has 0 saturated carbocycles. The molecule has 2 aromatic rings. The van der Waals surface area contributed by atoms with Crippen LogP contribution in [0.15, 0.2) is 42.5 Å². The van der Waals surface area contributed by atoms with Gasteiger partial charge in [0, 0.05) is 12.2 Å². The molecule has 0 bridgehead atoms. The van der Waals surface area contributed by atoms with E-state index in [0.29, 0.717) is 6.54 Å². The molecule has 2 aromatic carbocycles. The van der Waals surface area contributed by atoms with Gasteiger partial charge in [0.2, 0.25) is 5.91 Å². The summed E-state index contributed by atoms with van der Waals surface area (Å²) in [4.78, 5) is 14.1. The first-order valence-electron chi connectivity index (χ1n) is 7.55. The lowest BCUT2D eigenvalue weighted by Gasteiger charge is -2.18. The topological polar surface area (TPSA) is 32.3 Å². The van der Waals surface area contributed by atoms with Gasteiger partial charge in [-0.3, -0.25) is 9.69 Å². The van der Waals surface area contributed by atoms with Crippen molar-refractivity contribution in [3.05, 3.63) is 64.7 Å². The van der Waals surface area contributed by atoms with Gasteiger partial charge in [-0.1, -0.05) is 35.9 Å². The maximum Gasteiger partial charge on any atom is 0.238 e. The van der Waals surface area contributed by atoms with E-state index >= 15 is 0 Å². The van der Waals surface area contributed by atoms with E-state index in [9.17, 15) is 4.79 Å². The zero-order valence-electron chi connectivity index (χ0n) is 13.8. The van der Waals surface area contributed by atoms with Crippen LogP contribution in [0, 0.1) is 20.8 Å². The van der Waals surface area contributed by atoms with E-state index in [4.69, 9.17) is 0 Å². The van der Waals surface area contributed by atoms with Gasteiger partial charge < -0.3 is 5.32 Å². The van der Waals surface area contributed by atoms with Crippen LogP contribution in [0.3, 0.4) is 0 Å². The summed E-state index contributed by atoms with van der Waals surface area (Å²) in [7, 11) is 1.97. The summed E-state index contributed by atoms with van der Waals surface area (Å²) < 4.78 is 0. The summed E-state index contributed by atoms with van der Waals surface area (Å²) in [6, 6.07) is 14.3. The largest absolute Gasteiger partial charge is 0.325 e. The van der Waals surface area contributed by atoms with Gasteiger partial charge in [0.25, 0.3) is 0 Å². The summed E-state index contributed by atoms with van der Waals surface area (Å²) >= 11 is 0. The molecule has 0 aliphatic rings. The van der Waals surface area contributed by atoms with Crippen LogP contribution in [0.5, 0.6) is 0 Å². The summed E-state index contributed by atoms with van der Waals surface area (Å²) in [6.45, 7) is 7.37. The highest BCUT2D eigenvalue weighted by molar-refractivity contribution is 5.92. The normalized spacial score (nSPS) is 10.8. The fourth-order valence-corrected chi connectivity index (χ4v) is 2.54. The molecule has 1 N–H and O–H groups in total. The molecule has 0 radical (unpaired) electrons. The Morgan fingerprint density at radius 3 is 2.45 bits per heavy atom. The monoisotopic (exact) mass is 296 g/mol. The minimum Gasteiger partial charge on any atom is -0.325 e. The number of amides is 1. The Bertz CT molecular complexity index is 664. The number of hydrogen-bond donors (Lipinski definition) is 1. The number of likely N-dealkylation sites (N-methyl/N-ethyl adjacent to an activating group) is 1. The number of anilines is 1. The van der Waals surface area contributed by atoms with Crippen LogP contribution in [-0.4, -0.2) is 24.4 Å². The van der Waals surface area contributed by atoms with Gasteiger partial charge in [0.15, 0.2) is 0 Å². The van der Waals surface area contributed by atoms with Crippen molar-refractivity contribution in [2.75, 3.05) is 18.9 Å². The average Bonchev–Trinajstić information content (AvgIpc) is 2.41. The molecular formula is C19H24N2O. The Morgan fingerprint density at radius 2 is 1.77 bits per heavy atom. The second-order valence-electron chi connectivity index (χ2n) is 6.02. The van der Waals surface area contributed by atoms with Crippen molar-refractivity contribution in [3.8, 4) is 0 Å². The molecule has 22 heavy (non-hydrogen) atoms. The first-order valence-corrected chi connectivity index (χ1v) is 7.55. The lowest BCUT2D eigenvalue weighted by Crippen LogP contribution is -2.30. The lowest BCUT2D eigenvalue weighted by molar-refractivity contribution is -0.117. The molecule has 0 aliphatic heterocycles. The molecule has 116 valence electrons. The molecule has 0 heterocycles. The van der Waals surface area contributed by atoms with Crippen molar-refractivity contribution >= 4 is 11.6 Å². The molecule has 0 unspecified atom stereocenters. The molecule has 3 nitrogen and oxygen atoms in total. The fraction of sp³-hybridized carbons (Fsp3) is 0.316. The van der Waals surface area contributed by atoms with Crippen molar-refractivity contribution in [1.29, 1.82) is 0 Å². The van der Waals surface area contributed by atoms with Crippen molar-refractivity contribution in [2.45, 2.75) is 27.3 Å². The van der Waals surface area contributed by atoms with Crippen LogP contribution in [0.2, 0.25) is 0 Å². The molecular weight excluding hydrogens is 272 g/mol. The molecule has 1 amide bonds. The number of aryl methyl sites for hydroxylation is 3. The van der Waals surface area contributed by atoms with E-state index < -0.39 is 0 Å². The van der Waals surface area contributed by atoms with Gasteiger partial charge in [-0.15, -0.1) is 0 Å². The Kier molecular flexibility index (Phi) is 5.34. The fourth-order valence-electron chi connectivity index (χ4n) is 2.54. The highest BCUT2D eigenvalue weighted by Gasteiger charge is 2.09. The zero-order valence-corrected chi connectivity index (χ0v) is 13.8. The zero-order chi connectivity index (χ0) is 16.1. The summed E-state index contributed by atoms with van der Waals surface area (Å²) in [5.74, 6) is 0.0119. The SMILES string of the molecule is Cc1cccc(NC(=O)CN(C)Cc2ccc(C)cc2C)c1. The Morgan fingerprint density at radius 1 is 1.05 bits per heavy atom. The summed E-state index contributed by atoms with van der Waals surface area (Å²) in [5, 5.41) is 2.94. The highest BCUT2D eigenvalue weighted by atomic mass is 16.2. The van der Waals surface area contributed by atoms with Crippen molar-refractivity contribution < 1.29 is 4.79 Å². The van der Waals surface area contributed by atoms with Crippen LogP contribution in [0.25, 0.3) is 0 Å².